The summed E-state index contributed by atoms with van der Waals surface area (Å²) >= 11 is 5.79. The first-order chi connectivity index (χ1) is 10.4. The molecule has 0 spiro atoms. The summed E-state index contributed by atoms with van der Waals surface area (Å²) in [4.78, 5) is 26.0. The lowest BCUT2D eigenvalue weighted by atomic mass is 9.97. The first-order valence-electron chi connectivity index (χ1n) is 7.37. The van der Waals surface area contributed by atoms with Crippen molar-refractivity contribution in [2.45, 2.75) is 45.2 Å². The van der Waals surface area contributed by atoms with Crippen LogP contribution in [0.1, 0.15) is 43.5 Å². The van der Waals surface area contributed by atoms with E-state index in [0.717, 1.165) is 19.3 Å². The number of halogens is 1. The molecule has 1 heterocycles. The number of phenols is 1. The van der Waals surface area contributed by atoms with Crippen molar-refractivity contribution in [3.8, 4) is 5.75 Å². The maximum absolute atomic E-state index is 12.3. The van der Waals surface area contributed by atoms with Crippen LogP contribution < -0.4 is 0 Å². The van der Waals surface area contributed by atoms with Crippen LogP contribution in [0.2, 0.25) is 5.02 Å². The molecular weight excluding hydrogens is 306 g/mol. The summed E-state index contributed by atoms with van der Waals surface area (Å²) in [5.41, 5.74) is -0.0416. The van der Waals surface area contributed by atoms with Crippen LogP contribution in [0.25, 0.3) is 0 Å². The van der Waals surface area contributed by atoms with E-state index in [1.54, 1.807) is 4.90 Å². The summed E-state index contributed by atoms with van der Waals surface area (Å²) in [5.74, 6) is -1.19. The van der Waals surface area contributed by atoms with Gasteiger partial charge in [-0.3, -0.25) is 4.79 Å². The zero-order valence-electron chi connectivity index (χ0n) is 12.7. The second-order valence-corrected chi connectivity index (χ2v) is 6.10. The molecule has 6 heteroatoms. The molecule has 22 heavy (non-hydrogen) atoms. The quantitative estimate of drug-likeness (QED) is 0.868. The molecule has 2 atom stereocenters. The van der Waals surface area contributed by atoms with Crippen LogP contribution in [0.4, 0.5) is 0 Å². The van der Waals surface area contributed by atoms with Crippen LogP contribution in [-0.2, 0) is 9.53 Å². The number of likely N-dealkylation sites (tertiary alicyclic amines) is 1. The summed E-state index contributed by atoms with van der Waals surface area (Å²) in [6.45, 7) is 3.66. The maximum Gasteiger partial charge on any atom is 0.342 e. The molecule has 1 aromatic carbocycles. The Morgan fingerprint density at radius 3 is 2.59 bits per heavy atom. The highest BCUT2D eigenvalue weighted by atomic mass is 35.5. The first-order valence-corrected chi connectivity index (χ1v) is 7.74. The zero-order valence-corrected chi connectivity index (χ0v) is 13.5. The number of hydrogen-bond acceptors (Lipinski definition) is 4. The van der Waals surface area contributed by atoms with E-state index in [1.807, 2.05) is 13.8 Å². The highest BCUT2D eigenvalue weighted by Gasteiger charge is 2.29. The zero-order chi connectivity index (χ0) is 16.3. The molecular formula is C16H20ClNO4. The van der Waals surface area contributed by atoms with Gasteiger partial charge in [0.15, 0.2) is 6.61 Å². The molecule has 0 aliphatic carbocycles. The number of carbonyl (C=O) groups is 2. The Bertz CT molecular complexity index is 565. The molecule has 1 aliphatic rings. The molecule has 0 saturated carbocycles. The number of phenolic OH excluding ortho intramolecular Hbond substituents is 1. The summed E-state index contributed by atoms with van der Waals surface area (Å²) in [6, 6.07) is 4.39. The Hall–Kier alpha value is -1.75. The lowest BCUT2D eigenvalue weighted by Gasteiger charge is -2.38. The third-order valence-corrected chi connectivity index (χ3v) is 4.22. The third-order valence-electron chi connectivity index (χ3n) is 3.99. The van der Waals surface area contributed by atoms with Crippen LogP contribution >= 0.6 is 11.6 Å². The lowest BCUT2D eigenvalue weighted by Crippen LogP contribution is -2.49. The average molecular weight is 326 g/mol. The summed E-state index contributed by atoms with van der Waals surface area (Å²) in [6.07, 6.45) is 3.01. The summed E-state index contributed by atoms with van der Waals surface area (Å²) < 4.78 is 5.03. The number of carbonyl (C=O) groups excluding carboxylic acids is 2. The van der Waals surface area contributed by atoms with Crippen molar-refractivity contribution >= 4 is 23.5 Å². The van der Waals surface area contributed by atoms with Crippen LogP contribution in [0, 0.1) is 0 Å². The second-order valence-electron chi connectivity index (χ2n) is 5.67. The predicted octanol–water partition coefficient (Wildman–Crippen LogP) is 2.99. The molecule has 1 amide bonds. The van der Waals surface area contributed by atoms with Gasteiger partial charge in [0.25, 0.3) is 5.91 Å². The predicted molar refractivity (Wildman–Crippen MR) is 83.0 cm³/mol. The SMILES string of the molecule is C[C@H]1CCC[C@H](C)N1C(=O)COC(=O)c1cc(Cl)ccc1O. The van der Waals surface area contributed by atoms with Gasteiger partial charge in [0.2, 0.25) is 0 Å². The van der Waals surface area contributed by atoms with Crippen LogP contribution in [0.5, 0.6) is 5.75 Å². The Labute approximate surface area is 134 Å². The van der Waals surface area contributed by atoms with Gasteiger partial charge in [-0.15, -0.1) is 0 Å². The molecule has 1 saturated heterocycles. The average Bonchev–Trinajstić information content (AvgIpc) is 2.47. The molecule has 2 rings (SSSR count). The van der Waals surface area contributed by atoms with Gasteiger partial charge >= 0.3 is 5.97 Å². The van der Waals surface area contributed by atoms with Gasteiger partial charge in [-0.2, -0.15) is 0 Å². The van der Waals surface area contributed by atoms with Gasteiger partial charge in [0.05, 0.1) is 0 Å². The largest absolute Gasteiger partial charge is 0.507 e. The number of rotatable bonds is 3. The maximum atomic E-state index is 12.3. The highest BCUT2D eigenvalue weighted by molar-refractivity contribution is 6.31. The monoisotopic (exact) mass is 325 g/mol. The highest BCUT2D eigenvalue weighted by Crippen LogP contribution is 2.24. The Balaban J connectivity index is 1.98. The van der Waals surface area contributed by atoms with Gasteiger partial charge < -0.3 is 14.7 Å². The van der Waals surface area contributed by atoms with Gasteiger partial charge in [0.1, 0.15) is 11.3 Å². The topological polar surface area (TPSA) is 66.8 Å². The smallest absolute Gasteiger partial charge is 0.342 e. The van der Waals surface area contributed by atoms with Crippen molar-refractivity contribution in [1.29, 1.82) is 0 Å². The van der Waals surface area contributed by atoms with Gasteiger partial charge in [-0.05, 0) is 51.3 Å². The number of nitrogens with zero attached hydrogens (tertiary/aromatic N) is 1. The molecule has 1 N–H and O–H groups in total. The van der Waals surface area contributed by atoms with Crippen molar-refractivity contribution in [2.75, 3.05) is 6.61 Å². The van der Waals surface area contributed by atoms with E-state index in [-0.39, 0.29) is 35.9 Å². The Kier molecular flexibility index (Phi) is 5.29. The van der Waals surface area contributed by atoms with Crippen molar-refractivity contribution in [3.63, 3.8) is 0 Å². The van der Waals surface area contributed by atoms with Crippen molar-refractivity contribution < 1.29 is 19.4 Å². The minimum atomic E-state index is -0.759. The number of benzene rings is 1. The fourth-order valence-corrected chi connectivity index (χ4v) is 3.04. The van der Waals surface area contributed by atoms with Crippen molar-refractivity contribution in [2.24, 2.45) is 0 Å². The molecule has 0 radical (unpaired) electrons. The van der Waals surface area contributed by atoms with Gasteiger partial charge in [-0.25, -0.2) is 4.79 Å². The number of piperidine rings is 1. The van der Waals surface area contributed by atoms with Crippen LogP contribution in [-0.4, -0.2) is 40.6 Å². The van der Waals surface area contributed by atoms with E-state index in [1.165, 1.54) is 18.2 Å². The molecule has 1 aromatic rings. The van der Waals surface area contributed by atoms with E-state index < -0.39 is 5.97 Å². The molecule has 0 aromatic heterocycles. The van der Waals surface area contributed by atoms with Gasteiger partial charge in [0, 0.05) is 17.1 Å². The minimum Gasteiger partial charge on any atom is -0.507 e. The van der Waals surface area contributed by atoms with Crippen molar-refractivity contribution in [3.05, 3.63) is 28.8 Å². The Morgan fingerprint density at radius 2 is 1.95 bits per heavy atom. The van der Waals surface area contributed by atoms with E-state index in [2.05, 4.69) is 0 Å². The van der Waals surface area contributed by atoms with E-state index >= 15 is 0 Å². The number of hydrogen-bond donors (Lipinski definition) is 1. The summed E-state index contributed by atoms with van der Waals surface area (Å²) in [7, 11) is 0. The lowest BCUT2D eigenvalue weighted by molar-refractivity contribution is -0.140. The van der Waals surface area contributed by atoms with Crippen molar-refractivity contribution in [1.82, 2.24) is 4.90 Å². The molecule has 1 aliphatic heterocycles. The fourth-order valence-electron chi connectivity index (χ4n) is 2.86. The molecule has 5 nitrogen and oxygen atoms in total. The summed E-state index contributed by atoms with van der Waals surface area (Å²) in [5, 5.41) is 9.96. The molecule has 1 fully saturated rings. The number of amides is 1. The minimum absolute atomic E-state index is 0.0416. The first kappa shape index (κ1) is 16.6. The molecule has 120 valence electrons. The van der Waals surface area contributed by atoms with E-state index in [9.17, 15) is 14.7 Å². The number of ether oxygens (including phenoxy) is 1. The number of aromatic hydroxyl groups is 1. The van der Waals surface area contributed by atoms with E-state index in [0.29, 0.717) is 5.02 Å². The normalized spacial score (nSPS) is 21.5. The van der Waals surface area contributed by atoms with Crippen LogP contribution in [0.15, 0.2) is 18.2 Å². The Morgan fingerprint density at radius 1 is 1.32 bits per heavy atom. The third kappa shape index (κ3) is 3.71. The fraction of sp³-hybridized carbons (Fsp3) is 0.500. The van der Waals surface area contributed by atoms with Crippen LogP contribution in [0.3, 0.4) is 0 Å². The standard InChI is InChI=1S/C16H20ClNO4/c1-10-4-3-5-11(2)18(10)15(20)9-22-16(21)13-8-12(17)6-7-14(13)19/h6-8,10-11,19H,3-5,9H2,1-2H3/t10-,11-/m0/s1. The number of esters is 1. The molecule has 0 bridgehead atoms. The van der Waals surface area contributed by atoms with Gasteiger partial charge in [-0.1, -0.05) is 11.6 Å². The van der Waals surface area contributed by atoms with E-state index in [4.69, 9.17) is 16.3 Å². The molecule has 0 unspecified atom stereocenters. The second kappa shape index (κ2) is 7.01.